The Hall–Kier alpha value is -3.15. The van der Waals surface area contributed by atoms with Gasteiger partial charge in [0.1, 0.15) is 0 Å². The average molecular weight is 337 g/mol. The van der Waals surface area contributed by atoms with Crippen molar-refractivity contribution in [1.29, 1.82) is 0 Å². The number of benzene rings is 2. The van der Waals surface area contributed by atoms with Crippen LogP contribution in [-0.2, 0) is 0 Å². The van der Waals surface area contributed by atoms with Gasteiger partial charge in [0.05, 0.1) is 11.1 Å². The molecule has 25 heavy (non-hydrogen) atoms. The van der Waals surface area contributed by atoms with Gasteiger partial charge in [0.15, 0.2) is 0 Å². The van der Waals surface area contributed by atoms with Crippen molar-refractivity contribution >= 4 is 29.1 Å². The zero-order chi connectivity index (χ0) is 18.3. The fourth-order valence-electron chi connectivity index (χ4n) is 2.76. The molecule has 128 valence electrons. The molecule has 0 aliphatic carbocycles. The van der Waals surface area contributed by atoms with Crippen molar-refractivity contribution in [2.75, 3.05) is 31.4 Å². The van der Waals surface area contributed by atoms with Crippen molar-refractivity contribution in [3.8, 4) is 0 Å². The fraction of sp³-hybridized carbons (Fsp3) is 0.211. The zero-order valence-electron chi connectivity index (χ0n) is 14.6. The summed E-state index contributed by atoms with van der Waals surface area (Å²) in [5.41, 5.74) is 3.61. The molecule has 1 heterocycles. The molecule has 1 N–H and O–H groups in total. The third-order valence-electron chi connectivity index (χ3n) is 4.33. The normalized spacial score (nSPS) is 13.0. The number of carbonyl (C=O) groups is 3. The fourth-order valence-corrected chi connectivity index (χ4v) is 2.76. The van der Waals surface area contributed by atoms with E-state index in [4.69, 9.17) is 0 Å². The predicted octanol–water partition coefficient (Wildman–Crippen LogP) is 2.54. The van der Waals surface area contributed by atoms with Crippen LogP contribution in [0.3, 0.4) is 0 Å². The molecule has 0 fully saturated rings. The van der Waals surface area contributed by atoms with Gasteiger partial charge in [-0.2, -0.15) is 0 Å². The number of nitrogens with one attached hydrogen (secondary N) is 1. The van der Waals surface area contributed by atoms with Gasteiger partial charge in [-0.25, -0.2) is 0 Å². The van der Waals surface area contributed by atoms with Crippen molar-refractivity contribution in [1.82, 2.24) is 4.90 Å². The molecule has 3 rings (SSSR count). The summed E-state index contributed by atoms with van der Waals surface area (Å²) < 4.78 is 0. The first-order chi connectivity index (χ1) is 11.8. The molecule has 0 radical (unpaired) electrons. The van der Waals surface area contributed by atoms with Crippen LogP contribution in [0, 0.1) is 6.92 Å². The highest BCUT2D eigenvalue weighted by Crippen LogP contribution is 2.25. The summed E-state index contributed by atoms with van der Waals surface area (Å²) in [5.74, 6) is -1.05. The SMILES string of the molecule is Cc1cc(N(C)C)ccc1NC(=O)c1ccc2c(c1)C(=O)N(C)C2=O. The molecule has 0 atom stereocenters. The van der Waals surface area contributed by atoms with Crippen molar-refractivity contribution in [3.63, 3.8) is 0 Å². The average Bonchev–Trinajstić information content (AvgIpc) is 2.80. The Morgan fingerprint density at radius 1 is 1.00 bits per heavy atom. The van der Waals surface area contributed by atoms with Crippen molar-refractivity contribution < 1.29 is 14.4 Å². The van der Waals surface area contributed by atoms with Gasteiger partial charge in [0, 0.05) is 38.1 Å². The number of anilines is 2. The summed E-state index contributed by atoms with van der Waals surface area (Å²) in [5, 5.41) is 2.85. The summed E-state index contributed by atoms with van der Waals surface area (Å²) in [4.78, 5) is 39.5. The highest BCUT2D eigenvalue weighted by Gasteiger charge is 2.33. The Balaban J connectivity index is 1.86. The smallest absolute Gasteiger partial charge is 0.261 e. The number of imide groups is 1. The van der Waals surface area contributed by atoms with E-state index in [-0.39, 0.29) is 23.3 Å². The molecule has 2 aromatic rings. The van der Waals surface area contributed by atoms with Crippen LogP contribution < -0.4 is 10.2 Å². The van der Waals surface area contributed by atoms with Crippen LogP contribution in [0.15, 0.2) is 36.4 Å². The molecule has 1 aliphatic rings. The molecule has 0 aromatic heterocycles. The molecule has 0 bridgehead atoms. The van der Waals surface area contributed by atoms with E-state index < -0.39 is 0 Å². The van der Waals surface area contributed by atoms with Crippen LogP contribution in [0.4, 0.5) is 11.4 Å². The number of nitrogens with zero attached hydrogens (tertiary/aromatic N) is 2. The number of hydrogen-bond donors (Lipinski definition) is 1. The number of fused-ring (bicyclic) bond motifs is 1. The molecule has 0 saturated heterocycles. The number of carbonyl (C=O) groups excluding carboxylic acids is 3. The van der Waals surface area contributed by atoms with Crippen molar-refractivity contribution in [2.24, 2.45) is 0 Å². The third-order valence-corrected chi connectivity index (χ3v) is 4.33. The van der Waals surface area contributed by atoms with Gasteiger partial charge >= 0.3 is 0 Å². The maximum Gasteiger partial charge on any atom is 0.261 e. The summed E-state index contributed by atoms with van der Waals surface area (Å²) in [6.45, 7) is 1.92. The lowest BCUT2D eigenvalue weighted by Gasteiger charge is -2.15. The Bertz CT molecular complexity index is 903. The zero-order valence-corrected chi connectivity index (χ0v) is 14.6. The quantitative estimate of drug-likeness (QED) is 0.874. The number of aryl methyl sites for hydroxylation is 1. The lowest BCUT2D eigenvalue weighted by Crippen LogP contribution is -2.24. The van der Waals surface area contributed by atoms with E-state index >= 15 is 0 Å². The molecule has 0 saturated carbocycles. The van der Waals surface area contributed by atoms with E-state index in [2.05, 4.69) is 5.32 Å². The topological polar surface area (TPSA) is 69.7 Å². The molecular weight excluding hydrogens is 318 g/mol. The van der Waals surface area contributed by atoms with Crippen LogP contribution in [0.2, 0.25) is 0 Å². The van der Waals surface area contributed by atoms with E-state index in [0.717, 1.165) is 16.2 Å². The maximum atomic E-state index is 12.5. The van der Waals surface area contributed by atoms with Crippen LogP contribution >= 0.6 is 0 Å². The second-order valence-corrected chi connectivity index (χ2v) is 6.28. The molecule has 3 amide bonds. The molecule has 0 spiro atoms. The maximum absolute atomic E-state index is 12.5. The standard InChI is InChI=1S/C19H19N3O3/c1-11-9-13(21(2)3)6-8-16(11)20-17(23)12-5-7-14-15(10-12)19(25)22(4)18(14)24/h5-10H,1-4H3,(H,20,23). The van der Waals surface area contributed by atoms with E-state index in [0.29, 0.717) is 16.8 Å². The highest BCUT2D eigenvalue weighted by atomic mass is 16.2. The van der Waals surface area contributed by atoms with E-state index in [9.17, 15) is 14.4 Å². The summed E-state index contributed by atoms with van der Waals surface area (Å²) >= 11 is 0. The second kappa shape index (κ2) is 6.05. The van der Waals surface area contributed by atoms with Gasteiger partial charge in [-0.05, 0) is 48.9 Å². The summed E-state index contributed by atoms with van der Waals surface area (Å²) in [7, 11) is 5.33. The van der Waals surface area contributed by atoms with Crippen molar-refractivity contribution in [3.05, 3.63) is 58.7 Å². The minimum absolute atomic E-state index is 0.264. The minimum Gasteiger partial charge on any atom is -0.378 e. The molecule has 6 heteroatoms. The third kappa shape index (κ3) is 2.87. The number of hydrogen-bond acceptors (Lipinski definition) is 4. The van der Waals surface area contributed by atoms with Crippen LogP contribution in [0.1, 0.15) is 36.6 Å². The van der Waals surface area contributed by atoms with Crippen LogP contribution in [0.25, 0.3) is 0 Å². The highest BCUT2D eigenvalue weighted by molar-refractivity contribution is 6.22. The first kappa shape index (κ1) is 16.7. The van der Waals surface area contributed by atoms with Gasteiger partial charge in [-0.15, -0.1) is 0 Å². The molecule has 2 aromatic carbocycles. The summed E-state index contributed by atoms with van der Waals surface area (Å²) in [6.07, 6.45) is 0. The second-order valence-electron chi connectivity index (χ2n) is 6.28. The van der Waals surface area contributed by atoms with Crippen LogP contribution in [0.5, 0.6) is 0 Å². The van der Waals surface area contributed by atoms with Crippen molar-refractivity contribution in [2.45, 2.75) is 6.92 Å². The summed E-state index contributed by atoms with van der Waals surface area (Å²) in [6, 6.07) is 10.3. The lowest BCUT2D eigenvalue weighted by atomic mass is 10.0. The molecule has 6 nitrogen and oxygen atoms in total. The molecule has 1 aliphatic heterocycles. The van der Waals surface area contributed by atoms with Gasteiger partial charge in [-0.1, -0.05) is 0 Å². The Morgan fingerprint density at radius 2 is 1.68 bits per heavy atom. The Labute approximate surface area is 146 Å². The number of rotatable bonds is 3. The largest absolute Gasteiger partial charge is 0.378 e. The van der Waals surface area contributed by atoms with Gasteiger partial charge < -0.3 is 10.2 Å². The van der Waals surface area contributed by atoms with Crippen LogP contribution in [-0.4, -0.2) is 43.8 Å². The first-order valence-electron chi connectivity index (χ1n) is 7.85. The predicted molar refractivity (Wildman–Crippen MR) is 96.3 cm³/mol. The van der Waals surface area contributed by atoms with Gasteiger partial charge in [0.2, 0.25) is 0 Å². The van der Waals surface area contributed by atoms with E-state index in [1.54, 1.807) is 6.07 Å². The molecular formula is C19H19N3O3. The number of amides is 3. The lowest BCUT2D eigenvalue weighted by molar-refractivity contribution is 0.0693. The van der Waals surface area contributed by atoms with Gasteiger partial charge in [-0.3, -0.25) is 19.3 Å². The Morgan fingerprint density at radius 3 is 2.32 bits per heavy atom. The molecule has 0 unspecified atom stereocenters. The van der Waals surface area contributed by atoms with Gasteiger partial charge in [0.25, 0.3) is 17.7 Å². The minimum atomic E-state index is -0.388. The monoisotopic (exact) mass is 337 g/mol. The Kier molecular flexibility index (Phi) is 4.04. The van der Waals surface area contributed by atoms with E-state index in [1.807, 2.05) is 44.1 Å². The first-order valence-corrected chi connectivity index (χ1v) is 7.85. The van der Waals surface area contributed by atoms with E-state index in [1.165, 1.54) is 19.2 Å².